The van der Waals surface area contributed by atoms with Gasteiger partial charge in [0.1, 0.15) is 0 Å². The van der Waals surface area contributed by atoms with Crippen LogP contribution in [0.15, 0.2) is 9.98 Å². The zero-order valence-electron chi connectivity index (χ0n) is 8.30. The molecule has 1 rings (SSSR count). The highest BCUT2D eigenvalue weighted by Crippen LogP contribution is 2.07. The van der Waals surface area contributed by atoms with Crippen molar-refractivity contribution in [1.29, 1.82) is 0 Å². The maximum absolute atomic E-state index is 4.59. The van der Waals surface area contributed by atoms with Crippen LogP contribution in [0.4, 0.5) is 0 Å². The molecule has 1 heterocycles. The van der Waals surface area contributed by atoms with Crippen molar-refractivity contribution < 1.29 is 0 Å². The minimum atomic E-state index is 0.403. The van der Waals surface area contributed by atoms with Crippen LogP contribution >= 0.6 is 0 Å². The van der Waals surface area contributed by atoms with Gasteiger partial charge in [-0.1, -0.05) is 13.3 Å². The van der Waals surface area contributed by atoms with E-state index in [9.17, 15) is 0 Å². The van der Waals surface area contributed by atoms with Crippen LogP contribution in [0.25, 0.3) is 0 Å². The number of nitrogens with zero attached hydrogens (tertiary/aromatic N) is 2. The van der Waals surface area contributed by atoms with Crippen molar-refractivity contribution in [3.8, 4) is 0 Å². The van der Waals surface area contributed by atoms with Gasteiger partial charge < -0.3 is 0 Å². The van der Waals surface area contributed by atoms with E-state index in [0.717, 1.165) is 18.7 Å². The number of hydrogen-bond donors (Lipinski definition) is 0. The standard InChI is InChI=1S/C10H18N2/c1-4-5-6-10-9(3)11-7-8(2)12-10/h8H,4-7H2,1-3H3. The number of hydrogen-bond acceptors (Lipinski definition) is 2. The van der Waals surface area contributed by atoms with Crippen LogP contribution < -0.4 is 0 Å². The number of unbranched alkanes of at least 4 members (excludes halogenated alkanes) is 1. The van der Waals surface area contributed by atoms with Gasteiger partial charge >= 0.3 is 0 Å². The molecule has 0 bridgehead atoms. The van der Waals surface area contributed by atoms with Gasteiger partial charge in [0.25, 0.3) is 0 Å². The zero-order valence-corrected chi connectivity index (χ0v) is 8.30. The Labute approximate surface area is 74.8 Å². The first-order chi connectivity index (χ1) is 5.74. The van der Waals surface area contributed by atoms with Crippen LogP contribution in [-0.2, 0) is 0 Å². The second kappa shape index (κ2) is 4.39. The molecule has 1 unspecified atom stereocenters. The lowest BCUT2D eigenvalue weighted by atomic mass is 10.1. The fourth-order valence-electron chi connectivity index (χ4n) is 1.35. The Kier molecular flexibility index (Phi) is 3.45. The second-order valence-electron chi connectivity index (χ2n) is 3.45. The Balaban J connectivity index is 2.53. The van der Waals surface area contributed by atoms with Gasteiger partial charge in [-0.25, -0.2) is 0 Å². The molecule has 0 fully saturated rings. The largest absolute Gasteiger partial charge is 0.286 e. The summed E-state index contributed by atoms with van der Waals surface area (Å²) in [4.78, 5) is 9.02. The summed E-state index contributed by atoms with van der Waals surface area (Å²) in [5.74, 6) is 0. The molecule has 0 N–H and O–H groups in total. The predicted molar refractivity (Wildman–Crippen MR) is 54.4 cm³/mol. The fraction of sp³-hybridized carbons (Fsp3) is 0.800. The molecule has 0 amide bonds. The molecule has 0 spiro atoms. The number of rotatable bonds is 3. The van der Waals surface area contributed by atoms with Gasteiger partial charge in [-0.2, -0.15) is 0 Å². The van der Waals surface area contributed by atoms with E-state index in [1.807, 2.05) is 0 Å². The average Bonchev–Trinajstić information content (AvgIpc) is 2.07. The predicted octanol–water partition coefficient (Wildman–Crippen LogP) is 2.48. The Morgan fingerprint density at radius 1 is 1.50 bits per heavy atom. The topological polar surface area (TPSA) is 24.7 Å². The van der Waals surface area contributed by atoms with Crippen molar-refractivity contribution in [3.05, 3.63) is 0 Å². The van der Waals surface area contributed by atoms with Gasteiger partial charge in [-0.05, 0) is 26.7 Å². The van der Waals surface area contributed by atoms with Crippen molar-refractivity contribution in [2.24, 2.45) is 9.98 Å². The summed E-state index contributed by atoms with van der Waals surface area (Å²) in [7, 11) is 0. The van der Waals surface area contributed by atoms with E-state index in [1.54, 1.807) is 0 Å². The third-order valence-corrected chi connectivity index (χ3v) is 2.15. The first-order valence-electron chi connectivity index (χ1n) is 4.82. The van der Waals surface area contributed by atoms with Gasteiger partial charge in [0.05, 0.1) is 24.0 Å². The molecule has 0 aromatic carbocycles. The fourth-order valence-corrected chi connectivity index (χ4v) is 1.35. The van der Waals surface area contributed by atoms with Crippen molar-refractivity contribution in [2.75, 3.05) is 6.54 Å². The summed E-state index contributed by atoms with van der Waals surface area (Å²) < 4.78 is 0. The number of aliphatic imine (C=N–C) groups is 2. The summed E-state index contributed by atoms with van der Waals surface area (Å²) in [6, 6.07) is 0.403. The molecule has 0 aromatic rings. The molecular weight excluding hydrogens is 148 g/mol. The molecule has 0 aliphatic carbocycles. The molecule has 2 heteroatoms. The lowest BCUT2D eigenvalue weighted by Gasteiger charge is -2.15. The molecule has 2 nitrogen and oxygen atoms in total. The average molecular weight is 166 g/mol. The Bertz CT molecular complexity index is 204. The van der Waals surface area contributed by atoms with Gasteiger partial charge in [0.15, 0.2) is 0 Å². The van der Waals surface area contributed by atoms with E-state index in [0.29, 0.717) is 6.04 Å². The molecule has 12 heavy (non-hydrogen) atoms. The quantitative estimate of drug-likeness (QED) is 0.615. The first-order valence-corrected chi connectivity index (χ1v) is 4.82. The summed E-state index contributed by atoms with van der Waals surface area (Å²) in [6.07, 6.45) is 3.58. The van der Waals surface area contributed by atoms with Crippen molar-refractivity contribution in [1.82, 2.24) is 0 Å². The Hall–Kier alpha value is -0.660. The third-order valence-electron chi connectivity index (χ3n) is 2.15. The summed E-state index contributed by atoms with van der Waals surface area (Å²) in [6.45, 7) is 7.28. The highest BCUT2D eigenvalue weighted by atomic mass is 14.9. The van der Waals surface area contributed by atoms with Crippen LogP contribution in [0.5, 0.6) is 0 Å². The lowest BCUT2D eigenvalue weighted by Crippen LogP contribution is -2.21. The maximum Gasteiger partial charge on any atom is 0.0670 e. The van der Waals surface area contributed by atoms with Crippen LogP contribution in [0.2, 0.25) is 0 Å². The minimum Gasteiger partial charge on any atom is -0.286 e. The van der Waals surface area contributed by atoms with E-state index in [2.05, 4.69) is 30.8 Å². The highest BCUT2D eigenvalue weighted by Gasteiger charge is 2.10. The van der Waals surface area contributed by atoms with E-state index in [1.165, 1.54) is 18.6 Å². The highest BCUT2D eigenvalue weighted by molar-refractivity contribution is 6.41. The van der Waals surface area contributed by atoms with Crippen molar-refractivity contribution >= 4 is 11.4 Å². The maximum atomic E-state index is 4.59. The van der Waals surface area contributed by atoms with Gasteiger partial charge in [-0.3, -0.25) is 9.98 Å². The summed E-state index contributed by atoms with van der Waals surface area (Å²) in [5.41, 5.74) is 2.39. The van der Waals surface area contributed by atoms with E-state index in [-0.39, 0.29) is 0 Å². The summed E-state index contributed by atoms with van der Waals surface area (Å²) in [5, 5.41) is 0. The molecule has 0 radical (unpaired) electrons. The smallest absolute Gasteiger partial charge is 0.0670 e. The van der Waals surface area contributed by atoms with E-state index in [4.69, 9.17) is 0 Å². The third kappa shape index (κ3) is 2.43. The Morgan fingerprint density at radius 2 is 2.25 bits per heavy atom. The van der Waals surface area contributed by atoms with Gasteiger partial charge in [0.2, 0.25) is 0 Å². The monoisotopic (exact) mass is 166 g/mol. The van der Waals surface area contributed by atoms with Crippen LogP contribution in [0.1, 0.15) is 40.0 Å². The van der Waals surface area contributed by atoms with E-state index < -0.39 is 0 Å². The van der Waals surface area contributed by atoms with Gasteiger partial charge in [0, 0.05) is 0 Å². The Morgan fingerprint density at radius 3 is 2.92 bits per heavy atom. The molecule has 68 valence electrons. The van der Waals surface area contributed by atoms with Crippen LogP contribution in [0.3, 0.4) is 0 Å². The molecule has 0 saturated carbocycles. The summed E-state index contributed by atoms with van der Waals surface area (Å²) >= 11 is 0. The van der Waals surface area contributed by atoms with Crippen LogP contribution in [0, 0.1) is 0 Å². The minimum absolute atomic E-state index is 0.403. The zero-order chi connectivity index (χ0) is 8.97. The SMILES string of the molecule is CCCCC1=NC(C)CN=C1C. The molecular formula is C10H18N2. The normalized spacial score (nSPS) is 23.4. The van der Waals surface area contributed by atoms with Crippen molar-refractivity contribution in [2.45, 2.75) is 46.1 Å². The first kappa shape index (κ1) is 9.43. The second-order valence-corrected chi connectivity index (χ2v) is 3.45. The van der Waals surface area contributed by atoms with E-state index >= 15 is 0 Å². The molecule has 0 saturated heterocycles. The molecule has 1 aliphatic heterocycles. The molecule has 1 aliphatic rings. The van der Waals surface area contributed by atoms with Crippen LogP contribution in [-0.4, -0.2) is 24.0 Å². The van der Waals surface area contributed by atoms with Crippen molar-refractivity contribution in [3.63, 3.8) is 0 Å². The molecule has 0 aromatic heterocycles. The lowest BCUT2D eigenvalue weighted by molar-refractivity contribution is 0.736. The van der Waals surface area contributed by atoms with Gasteiger partial charge in [-0.15, -0.1) is 0 Å². The molecule has 1 atom stereocenters.